The number of esters is 1. The van der Waals surface area contributed by atoms with Gasteiger partial charge in [0.2, 0.25) is 0 Å². The predicted octanol–water partition coefficient (Wildman–Crippen LogP) is 3.59. The summed E-state index contributed by atoms with van der Waals surface area (Å²) in [5.74, 6) is -0.398. The molecule has 0 unspecified atom stereocenters. The van der Waals surface area contributed by atoms with E-state index in [9.17, 15) is 9.90 Å². The number of hydrogen-bond acceptors (Lipinski definition) is 5. The Bertz CT molecular complexity index is 762. The highest BCUT2D eigenvalue weighted by Gasteiger charge is 2.16. The first-order chi connectivity index (χ1) is 9.65. The Morgan fingerprint density at radius 3 is 2.75 bits per heavy atom. The predicted molar refractivity (Wildman–Crippen MR) is 78.0 cm³/mol. The number of hydrogen-bond donors (Lipinski definition) is 1. The molecule has 0 saturated heterocycles. The monoisotopic (exact) mass is 285 g/mol. The van der Waals surface area contributed by atoms with Gasteiger partial charge in [-0.3, -0.25) is 4.79 Å². The molecule has 1 N–H and O–H groups in total. The van der Waals surface area contributed by atoms with E-state index in [2.05, 4.69) is 4.98 Å². The smallest absolute Gasteiger partial charge is 0.308 e. The largest absolute Gasteiger partial charge is 0.504 e. The number of rotatable bonds is 2. The van der Waals surface area contributed by atoms with Crippen molar-refractivity contribution in [3.05, 3.63) is 42.5 Å². The van der Waals surface area contributed by atoms with Gasteiger partial charge in [-0.2, -0.15) is 0 Å². The maximum absolute atomic E-state index is 11.2. The van der Waals surface area contributed by atoms with Gasteiger partial charge in [-0.05, 0) is 24.3 Å². The number of aromatic hydroxyl groups is 1. The van der Waals surface area contributed by atoms with Crippen LogP contribution in [0.15, 0.2) is 42.5 Å². The molecular formula is C15H11NO3S. The van der Waals surface area contributed by atoms with Gasteiger partial charge in [-0.25, -0.2) is 4.98 Å². The van der Waals surface area contributed by atoms with Crippen molar-refractivity contribution >= 4 is 27.5 Å². The summed E-state index contributed by atoms with van der Waals surface area (Å²) in [4.78, 5) is 15.7. The Morgan fingerprint density at radius 1 is 1.20 bits per heavy atom. The fourth-order valence-corrected chi connectivity index (χ4v) is 2.92. The third-order valence-corrected chi connectivity index (χ3v) is 3.83. The number of benzene rings is 2. The van der Waals surface area contributed by atoms with Crippen molar-refractivity contribution in [1.82, 2.24) is 4.98 Å². The van der Waals surface area contributed by atoms with Gasteiger partial charge in [0.25, 0.3) is 0 Å². The molecule has 5 heteroatoms. The zero-order valence-electron chi connectivity index (χ0n) is 10.7. The van der Waals surface area contributed by atoms with Crippen LogP contribution in [0.25, 0.3) is 20.8 Å². The lowest BCUT2D eigenvalue weighted by Gasteiger charge is -2.08. The van der Waals surface area contributed by atoms with E-state index in [-0.39, 0.29) is 11.5 Å². The average molecular weight is 285 g/mol. The third-order valence-electron chi connectivity index (χ3n) is 2.76. The van der Waals surface area contributed by atoms with Crippen molar-refractivity contribution in [2.24, 2.45) is 0 Å². The highest BCUT2D eigenvalue weighted by Crippen LogP contribution is 2.40. The summed E-state index contributed by atoms with van der Waals surface area (Å²) in [6, 6.07) is 12.7. The van der Waals surface area contributed by atoms with Crippen molar-refractivity contribution in [2.45, 2.75) is 6.92 Å². The maximum atomic E-state index is 11.2. The first-order valence-electron chi connectivity index (χ1n) is 6.01. The number of ether oxygens (including phenoxy) is 1. The number of fused-ring (bicyclic) bond motifs is 1. The van der Waals surface area contributed by atoms with E-state index >= 15 is 0 Å². The van der Waals surface area contributed by atoms with Crippen molar-refractivity contribution in [3.63, 3.8) is 0 Å². The SMILES string of the molecule is CC(=O)Oc1c(O)cccc1-c1nc2ccccc2s1. The molecule has 100 valence electrons. The minimum Gasteiger partial charge on any atom is -0.504 e. The fraction of sp³-hybridized carbons (Fsp3) is 0.0667. The minimum atomic E-state index is -0.478. The molecule has 3 rings (SSSR count). The lowest BCUT2D eigenvalue weighted by Crippen LogP contribution is -2.02. The summed E-state index contributed by atoms with van der Waals surface area (Å²) in [5, 5.41) is 10.6. The van der Waals surface area contributed by atoms with E-state index in [1.165, 1.54) is 24.3 Å². The van der Waals surface area contributed by atoms with E-state index < -0.39 is 5.97 Å². The first kappa shape index (κ1) is 12.6. The second-order valence-corrected chi connectivity index (χ2v) is 5.26. The van der Waals surface area contributed by atoms with Crippen LogP contribution in [0.4, 0.5) is 0 Å². The van der Waals surface area contributed by atoms with Crippen LogP contribution < -0.4 is 4.74 Å². The second-order valence-electron chi connectivity index (χ2n) is 4.23. The van der Waals surface area contributed by atoms with E-state index in [1.54, 1.807) is 12.1 Å². The van der Waals surface area contributed by atoms with Crippen LogP contribution in [0.2, 0.25) is 0 Å². The van der Waals surface area contributed by atoms with Crippen LogP contribution in [0.3, 0.4) is 0 Å². The van der Waals surface area contributed by atoms with Crippen molar-refractivity contribution in [3.8, 4) is 22.1 Å². The zero-order chi connectivity index (χ0) is 14.1. The lowest BCUT2D eigenvalue weighted by molar-refractivity contribution is -0.131. The number of nitrogens with zero attached hydrogens (tertiary/aromatic N) is 1. The van der Waals surface area contributed by atoms with Crippen LogP contribution in [0.1, 0.15) is 6.92 Å². The summed E-state index contributed by atoms with van der Waals surface area (Å²) in [6.07, 6.45) is 0. The second kappa shape index (κ2) is 4.94. The Balaban J connectivity index is 2.18. The Labute approximate surface area is 119 Å². The molecule has 0 aliphatic carbocycles. The van der Waals surface area contributed by atoms with Gasteiger partial charge in [0.1, 0.15) is 5.01 Å². The van der Waals surface area contributed by atoms with Crippen LogP contribution >= 0.6 is 11.3 Å². The van der Waals surface area contributed by atoms with Gasteiger partial charge in [0.05, 0.1) is 15.8 Å². The number of aromatic nitrogens is 1. The van der Waals surface area contributed by atoms with Crippen molar-refractivity contribution in [1.29, 1.82) is 0 Å². The van der Waals surface area contributed by atoms with Gasteiger partial charge >= 0.3 is 5.97 Å². The molecule has 0 fully saturated rings. The van der Waals surface area contributed by atoms with E-state index in [4.69, 9.17) is 4.74 Å². The van der Waals surface area contributed by atoms with Crippen molar-refractivity contribution in [2.75, 3.05) is 0 Å². The van der Waals surface area contributed by atoms with E-state index in [0.29, 0.717) is 10.6 Å². The van der Waals surface area contributed by atoms with E-state index in [0.717, 1.165) is 10.2 Å². The number of thiazole rings is 1. The van der Waals surface area contributed by atoms with Crippen LogP contribution in [0, 0.1) is 0 Å². The number of phenols is 1. The van der Waals surface area contributed by atoms with Gasteiger partial charge in [-0.1, -0.05) is 18.2 Å². The molecule has 0 radical (unpaired) electrons. The molecule has 0 aliphatic rings. The molecule has 0 amide bonds. The van der Waals surface area contributed by atoms with Gasteiger partial charge in [-0.15, -0.1) is 11.3 Å². The molecule has 0 bridgehead atoms. The highest BCUT2D eigenvalue weighted by atomic mass is 32.1. The maximum Gasteiger partial charge on any atom is 0.308 e. The summed E-state index contributed by atoms with van der Waals surface area (Å²) in [6.45, 7) is 1.30. The number of phenolic OH excluding ortho intramolecular Hbond substituents is 1. The summed E-state index contributed by atoms with van der Waals surface area (Å²) in [5.41, 5.74) is 1.49. The first-order valence-corrected chi connectivity index (χ1v) is 6.83. The van der Waals surface area contributed by atoms with Gasteiger partial charge in [0.15, 0.2) is 11.5 Å². The average Bonchev–Trinajstić information content (AvgIpc) is 2.84. The molecule has 0 atom stereocenters. The molecule has 20 heavy (non-hydrogen) atoms. The minimum absolute atomic E-state index is 0.0723. The molecule has 1 aromatic heterocycles. The summed E-state index contributed by atoms with van der Waals surface area (Å²) >= 11 is 1.49. The highest BCUT2D eigenvalue weighted by molar-refractivity contribution is 7.21. The fourth-order valence-electron chi connectivity index (χ4n) is 1.93. The molecule has 0 spiro atoms. The molecule has 1 heterocycles. The van der Waals surface area contributed by atoms with Gasteiger partial charge < -0.3 is 9.84 Å². The summed E-state index contributed by atoms with van der Waals surface area (Å²) in [7, 11) is 0. The summed E-state index contributed by atoms with van der Waals surface area (Å²) < 4.78 is 6.15. The quantitative estimate of drug-likeness (QED) is 0.577. The normalized spacial score (nSPS) is 10.7. The Hall–Kier alpha value is -2.40. The number of carbonyl (C=O) groups is 1. The third kappa shape index (κ3) is 2.23. The molecule has 0 aliphatic heterocycles. The molecule has 3 aromatic rings. The Kier molecular flexibility index (Phi) is 3.12. The van der Waals surface area contributed by atoms with Crippen LogP contribution in [0.5, 0.6) is 11.5 Å². The van der Waals surface area contributed by atoms with Crippen LogP contribution in [-0.2, 0) is 4.79 Å². The topological polar surface area (TPSA) is 59.4 Å². The molecular weight excluding hydrogens is 274 g/mol. The standard InChI is InChI=1S/C15H11NO3S/c1-9(17)19-14-10(5-4-7-12(14)18)15-16-11-6-2-3-8-13(11)20-15/h2-8,18H,1H3. The lowest BCUT2D eigenvalue weighted by atomic mass is 10.2. The number of carbonyl (C=O) groups excluding carboxylic acids is 1. The van der Waals surface area contributed by atoms with Crippen LogP contribution in [-0.4, -0.2) is 16.1 Å². The Morgan fingerprint density at radius 2 is 2.00 bits per heavy atom. The molecule has 0 saturated carbocycles. The molecule has 4 nitrogen and oxygen atoms in total. The van der Waals surface area contributed by atoms with E-state index in [1.807, 2.05) is 24.3 Å². The van der Waals surface area contributed by atoms with Gasteiger partial charge in [0, 0.05) is 6.92 Å². The van der Waals surface area contributed by atoms with Crippen molar-refractivity contribution < 1.29 is 14.6 Å². The molecule has 2 aromatic carbocycles. The number of para-hydroxylation sites is 2. The zero-order valence-corrected chi connectivity index (χ0v) is 11.5.